The predicted octanol–water partition coefficient (Wildman–Crippen LogP) is 2.88. The average molecular weight is 300 g/mol. The summed E-state index contributed by atoms with van der Waals surface area (Å²) in [6, 6.07) is 11.3. The van der Waals surface area contributed by atoms with Crippen LogP contribution >= 0.6 is 11.8 Å². The van der Waals surface area contributed by atoms with Gasteiger partial charge in [0.15, 0.2) is 0 Å². The molecule has 7 heteroatoms. The van der Waals surface area contributed by atoms with E-state index in [0.717, 1.165) is 0 Å². The highest BCUT2D eigenvalue weighted by Gasteiger charge is 2.28. The number of amides is 1. The van der Waals surface area contributed by atoms with E-state index >= 15 is 0 Å². The summed E-state index contributed by atoms with van der Waals surface area (Å²) in [5.41, 5.74) is 0.781. The van der Waals surface area contributed by atoms with E-state index in [0.29, 0.717) is 21.0 Å². The standard InChI is InChI=1S/C14H8N2O4S/c17-13-9-6-5-8(7-10(9)15-14(13)18)21-12-4-2-1-3-11(12)16(19)20/h1-7H,(H,15,17,18). The lowest BCUT2D eigenvalue weighted by Crippen LogP contribution is -2.12. The summed E-state index contributed by atoms with van der Waals surface area (Å²) >= 11 is 1.21. The van der Waals surface area contributed by atoms with Crippen LogP contribution in [0.25, 0.3) is 0 Å². The molecule has 21 heavy (non-hydrogen) atoms. The number of carbonyl (C=O) groups excluding carboxylic acids is 2. The van der Waals surface area contributed by atoms with Crippen molar-refractivity contribution in [2.24, 2.45) is 0 Å². The molecule has 1 amide bonds. The molecule has 1 N–H and O–H groups in total. The highest BCUT2D eigenvalue weighted by molar-refractivity contribution is 7.99. The zero-order chi connectivity index (χ0) is 15.0. The van der Waals surface area contributed by atoms with Crippen molar-refractivity contribution in [3.8, 4) is 0 Å². The molecule has 104 valence electrons. The number of nitro benzene ring substituents is 1. The third-order valence-corrected chi connectivity index (χ3v) is 4.03. The molecule has 2 aromatic carbocycles. The Morgan fingerprint density at radius 3 is 2.62 bits per heavy atom. The van der Waals surface area contributed by atoms with Gasteiger partial charge in [-0.05, 0) is 24.3 Å². The first-order chi connectivity index (χ1) is 10.1. The molecular weight excluding hydrogens is 292 g/mol. The molecule has 1 heterocycles. The molecule has 3 rings (SSSR count). The maximum Gasteiger partial charge on any atom is 0.296 e. The topological polar surface area (TPSA) is 89.3 Å². The van der Waals surface area contributed by atoms with Gasteiger partial charge in [0.05, 0.1) is 21.1 Å². The smallest absolute Gasteiger partial charge is 0.296 e. The second-order valence-electron chi connectivity index (χ2n) is 4.32. The number of anilines is 1. The number of para-hydroxylation sites is 1. The van der Waals surface area contributed by atoms with Crippen LogP contribution in [0.2, 0.25) is 0 Å². The quantitative estimate of drug-likeness (QED) is 0.535. The molecule has 0 radical (unpaired) electrons. The molecule has 1 aliphatic heterocycles. The van der Waals surface area contributed by atoms with E-state index in [1.165, 1.54) is 17.8 Å². The molecule has 0 aromatic heterocycles. The van der Waals surface area contributed by atoms with Gasteiger partial charge in [-0.2, -0.15) is 0 Å². The van der Waals surface area contributed by atoms with Gasteiger partial charge in [-0.1, -0.05) is 23.9 Å². The van der Waals surface area contributed by atoms with Crippen LogP contribution in [0.3, 0.4) is 0 Å². The lowest BCUT2D eigenvalue weighted by molar-refractivity contribution is -0.387. The first-order valence-corrected chi connectivity index (χ1v) is 6.79. The number of benzene rings is 2. The fraction of sp³-hybridized carbons (Fsp3) is 0. The van der Waals surface area contributed by atoms with Gasteiger partial charge < -0.3 is 5.32 Å². The number of hydrogen-bond acceptors (Lipinski definition) is 5. The Labute approximate surface area is 123 Å². The van der Waals surface area contributed by atoms with Crippen LogP contribution in [-0.4, -0.2) is 16.6 Å². The average Bonchev–Trinajstić information content (AvgIpc) is 2.74. The van der Waals surface area contributed by atoms with E-state index in [1.807, 2.05) is 0 Å². The fourth-order valence-electron chi connectivity index (χ4n) is 2.01. The summed E-state index contributed by atoms with van der Waals surface area (Å²) in [7, 11) is 0. The summed E-state index contributed by atoms with van der Waals surface area (Å²) < 4.78 is 0. The summed E-state index contributed by atoms with van der Waals surface area (Å²) in [4.78, 5) is 34.5. The van der Waals surface area contributed by atoms with E-state index in [-0.39, 0.29) is 5.69 Å². The second-order valence-corrected chi connectivity index (χ2v) is 5.43. The van der Waals surface area contributed by atoms with E-state index < -0.39 is 16.6 Å². The lowest BCUT2D eigenvalue weighted by Gasteiger charge is -2.04. The van der Waals surface area contributed by atoms with E-state index in [2.05, 4.69) is 5.32 Å². The first kappa shape index (κ1) is 13.3. The molecule has 0 fully saturated rings. The van der Waals surface area contributed by atoms with Crippen LogP contribution in [0.1, 0.15) is 10.4 Å². The van der Waals surface area contributed by atoms with Crippen LogP contribution in [0, 0.1) is 10.1 Å². The van der Waals surface area contributed by atoms with E-state index in [9.17, 15) is 19.7 Å². The van der Waals surface area contributed by atoms with Crippen LogP contribution < -0.4 is 5.32 Å². The number of nitrogens with zero attached hydrogens (tertiary/aromatic N) is 1. The Kier molecular flexibility index (Phi) is 3.19. The molecule has 0 aliphatic carbocycles. The van der Waals surface area contributed by atoms with Crippen molar-refractivity contribution in [2.45, 2.75) is 9.79 Å². The molecular formula is C14H8N2O4S. The van der Waals surface area contributed by atoms with Crippen LogP contribution in [0.5, 0.6) is 0 Å². The molecule has 0 bridgehead atoms. The number of nitrogens with one attached hydrogen (secondary N) is 1. The lowest BCUT2D eigenvalue weighted by atomic mass is 10.1. The highest BCUT2D eigenvalue weighted by Crippen LogP contribution is 2.37. The monoisotopic (exact) mass is 300 g/mol. The van der Waals surface area contributed by atoms with Crippen molar-refractivity contribution < 1.29 is 14.5 Å². The molecule has 6 nitrogen and oxygen atoms in total. The SMILES string of the molecule is O=C1Nc2cc(Sc3ccccc3[N+](=O)[O-])ccc2C1=O. The van der Waals surface area contributed by atoms with Gasteiger partial charge >= 0.3 is 0 Å². The Morgan fingerprint density at radius 2 is 1.86 bits per heavy atom. The van der Waals surface area contributed by atoms with Crippen molar-refractivity contribution in [1.29, 1.82) is 0 Å². The van der Waals surface area contributed by atoms with Gasteiger partial charge in [0.2, 0.25) is 0 Å². The number of Topliss-reactive ketones (excluding diaryl/α,β-unsaturated/α-hetero) is 1. The van der Waals surface area contributed by atoms with Crippen LogP contribution in [0.15, 0.2) is 52.3 Å². The minimum Gasteiger partial charge on any atom is -0.318 e. The van der Waals surface area contributed by atoms with Crippen molar-refractivity contribution in [1.82, 2.24) is 0 Å². The third-order valence-electron chi connectivity index (χ3n) is 2.98. The van der Waals surface area contributed by atoms with E-state index in [4.69, 9.17) is 0 Å². The summed E-state index contributed by atoms with van der Waals surface area (Å²) in [5.74, 6) is -1.22. The van der Waals surface area contributed by atoms with Gasteiger partial charge in [-0.3, -0.25) is 19.7 Å². The number of rotatable bonds is 3. The maximum atomic E-state index is 11.5. The summed E-state index contributed by atoms with van der Waals surface area (Å²) in [5, 5.41) is 13.5. The fourth-order valence-corrected chi connectivity index (χ4v) is 2.97. The molecule has 2 aromatic rings. The van der Waals surface area contributed by atoms with Gasteiger partial charge in [-0.15, -0.1) is 0 Å². The zero-order valence-electron chi connectivity index (χ0n) is 10.5. The molecule has 0 saturated carbocycles. The van der Waals surface area contributed by atoms with Crippen molar-refractivity contribution in [3.63, 3.8) is 0 Å². The maximum absolute atomic E-state index is 11.5. The minimum absolute atomic E-state index is 0.0168. The number of hydrogen-bond donors (Lipinski definition) is 1. The van der Waals surface area contributed by atoms with Gasteiger partial charge in [0.1, 0.15) is 0 Å². The summed E-state index contributed by atoms with van der Waals surface area (Å²) in [6.07, 6.45) is 0. The Hall–Kier alpha value is -2.67. The van der Waals surface area contributed by atoms with E-state index in [1.54, 1.807) is 36.4 Å². The summed E-state index contributed by atoms with van der Waals surface area (Å²) in [6.45, 7) is 0. The predicted molar refractivity (Wildman–Crippen MR) is 76.6 cm³/mol. The molecule has 0 unspecified atom stereocenters. The molecule has 0 spiro atoms. The normalized spacial score (nSPS) is 13.0. The highest BCUT2D eigenvalue weighted by atomic mass is 32.2. The number of fused-ring (bicyclic) bond motifs is 1. The van der Waals surface area contributed by atoms with Crippen molar-refractivity contribution in [3.05, 3.63) is 58.1 Å². The second kappa shape index (κ2) is 5.02. The molecule has 0 saturated heterocycles. The van der Waals surface area contributed by atoms with Gasteiger partial charge in [-0.25, -0.2) is 0 Å². The molecule has 0 atom stereocenters. The van der Waals surface area contributed by atoms with Gasteiger partial charge in [0.25, 0.3) is 17.4 Å². The minimum atomic E-state index is -0.655. The zero-order valence-corrected chi connectivity index (χ0v) is 11.3. The van der Waals surface area contributed by atoms with Crippen LogP contribution in [-0.2, 0) is 4.79 Å². The Morgan fingerprint density at radius 1 is 1.10 bits per heavy atom. The van der Waals surface area contributed by atoms with Crippen molar-refractivity contribution >= 4 is 34.8 Å². The third kappa shape index (κ3) is 2.38. The van der Waals surface area contributed by atoms with Gasteiger partial charge in [0, 0.05) is 11.0 Å². The number of nitro groups is 1. The molecule has 1 aliphatic rings. The van der Waals surface area contributed by atoms with Crippen molar-refractivity contribution in [2.75, 3.05) is 5.32 Å². The number of carbonyl (C=O) groups is 2. The van der Waals surface area contributed by atoms with Crippen LogP contribution in [0.4, 0.5) is 11.4 Å². The number of ketones is 1. The Bertz CT molecular complexity index is 788. The Balaban J connectivity index is 1.94. The largest absolute Gasteiger partial charge is 0.318 e. The first-order valence-electron chi connectivity index (χ1n) is 5.97.